The van der Waals surface area contributed by atoms with Crippen molar-refractivity contribution < 1.29 is 4.79 Å². The lowest BCUT2D eigenvalue weighted by Gasteiger charge is -2.18. The first kappa shape index (κ1) is 8.67. The Labute approximate surface area is 70.5 Å². The van der Waals surface area contributed by atoms with Crippen LogP contribution in [0.4, 0.5) is 4.79 Å². The molecule has 11 heavy (non-hydrogen) atoms. The molecule has 64 valence electrons. The molecule has 1 rings (SSSR count). The van der Waals surface area contributed by atoms with Crippen LogP contribution in [0.15, 0.2) is 0 Å². The van der Waals surface area contributed by atoms with Gasteiger partial charge in [-0.1, -0.05) is 0 Å². The van der Waals surface area contributed by atoms with E-state index in [2.05, 4.69) is 5.43 Å². The third-order valence-electron chi connectivity index (χ3n) is 1.63. The molecule has 0 bridgehead atoms. The minimum atomic E-state index is -0.160. The minimum Gasteiger partial charge on any atom is -0.323 e. The van der Waals surface area contributed by atoms with Gasteiger partial charge in [-0.2, -0.15) is 11.8 Å². The summed E-state index contributed by atoms with van der Waals surface area (Å²) < 4.78 is 0. The second-order valence-electron chi connectivity index (χ2n) is 2.40. The second kappa shape index (κ2) is 4.46. The summed E-state index contributed by atoms with van der Waals surface area (Å²) in [5.41, 5.74) is 2.14. The number of carbonyl (C=O) groups is 1. The predicted molar refractivity (Wildman–Crippen MR) is 46.2 cm³/mol. The van der Waals surface area contributed by atoms with Gasteiger partial charge < -0.3 is 4.90 Å². The lowest BCUT2D eigenvalue weighted by atomic mass is 10.4. The fourth-order valence-electron chi connectivity index (χ4n) is 1.04. The molecule has 1 aliphatic rings. The van der Waals surface area contributed by atoms with Gasteiger partial charge in [0.2, 0.25) is 0 Å². The number of carbonyl (C=O) groups excluding carboxylic acids is 1. The van der Waals surface area contributed by atoms with Crippen LogP contribution in [-0.2, 0) is 0 Å². The number of amides is 2. The average molecular weight is 175 g/mol. The van der Waals surface area contributed by atoms with Gasteiger partial charge in [0.25, 0.3) is 0 Å². The molecule has 1 aliphatic heterocycles. The highest BCUT2D eigenvalue weighted by molar-refractivity contribution is 7.99. The fourth-order valence-corrected chi connectivity index (χ4v) is 1.93. The molecule has 1 fully saturated rings. The van der Waals surface area contributed by atoms with Crippen LogP contribution in [-0.4, -0.2) is 35.5 Å². The summed E-state index contributed by atoms with van der Waals surface area (Å²) in [5, 5.41) is 0. The van der Waals surface area contributed by atoms with E-state index in [0.717, 1.165) is 31.0 Å². The molecule has 0 saturated carbocycles. The van der Waals surface area contributed by atoms with Crippen molar-refractivity contribution in [2.45, 2.75) is 6.42 Å². The summed E-state index contributed by atoms with van der Waals surface area (Å²) in [4.78, 5) is 12.8. The molecule has 0 spiro atoms. The maximum absolute atomic E-state index is 11.0. The van der Waals surface area contributed by atoms with Gasteiger partial charge in [-0.3, -0.25) is 5.43 Å². The molecule has 0 aromatic heterocycles. The van der Waals surface area contributed by atoms with E-state index in [-0.39, 0.29) is 6.03 Å². The Morgan fingerprint density at radius 2 is 2.27 bits per heavy atom. The van der Waals surface area contributed by atoms with Crippen LogP contribution in [0.1, 0.15) is 6.42 Å². The van der Waals surface area contributed by atoms with Crippen LogP contribution in [0.25, 0.3) is 0 Å². The molecule has 0 aromatic rings. The van der Waals surface area contributed by atoms with Gasteiger partial charge >= 0.3 is 6.03 Å². The number of hydrogen-bond acceptors (Lipinski definition) is 3. The Hall–Kier alpha value is -0.420. The number of thioether (sulfide) groups is 1. The number of nitrogens with two attached hydrogens (primary N) is 1. The van der Waals surface area contributed by atoms with E-state index >= 15 is 0 Å². The summed E-state index contributed by atoms with van der Waals surface area (Å²) in [6.45, 7) is 1.64. The van der Waals surface area contributed by atoms with Crippen LogP contribution in [0.2, 0.25) is 0 Å². The standard InChI is InChI=1S/C6H13N3OS/c7-8-6(10)9-2-1-4-11-5-3-9/h1-5,7H2,(H,8,10). The summed E-state index contributed by atoms with van der Waals surface area (Å²) in [6, 6.07) is -0.160. The minimum absolute atomic E-state index is 0.160. The molecule has 1 saturated heterocycles. The molecule has 0 aliphatic carbocycles. The van der Waals surface area contributed by atoms with Crippen LogP contribution in [0.3, 0.4) is 0 Å². The van der Waals surface area contributed by atoms with Crippen molar-refractivity contribution in [3.05, 3.63) is 0 Å². The summed E-state index contributed by atoms with van der Waals surface area (Å²) in [7, 11) is 0. The van der Waals surface area contributed by atoms with Gasteiger partial charge in [0, 0.05) is 18.8 Å². The van der Waals surface area contributed by atoms with Gasteiger partial charge in [0.05, 0.1) is 0 Å². The smallest absolute Gasteiger partial charge is 0.323 e. The zero-order valence-electron chi connectivity index (χ0n) is 6.38. The van der Waals surface area contributed by atoms with E-state index in [1.165, 1.54) is 0 Å². The van der Waals surface area contributed by atoms with Crippen molar-refractivity contribution in [1.29, 1.82) is 0 Å². The summed E-state index contributed by atoms with van der Waals surface area (Å²) in [5.74, 6) is 7.17. The third kappa shape index (κ3) is 2.59. The maximum Gasteiger partial charge on any atom is 0.331 e. The van der Waals surface area contributed by atoms with Crippen LogP contribution >= 0.6 is 11.8 Å². The van der Waals surface area contributed by atoms with Gasteiger partial charge in [-0.25, -0.2) is 10.6 Å². The van der Waals surface area contributed by atoms with Crippen LogP contribution in [0, 0.1) is 0 Å². The lowest BCUT2D eigenvalue weighted by molar-refractivity contribution is 0.202. The quantitative estimate of drug-likeness (QED) is 0.310. The van der Waals surface area contributed by atoms with E-state index in [0.29, 0.717) is 0 Å². The van der Waals surface area contributed by atoms with Gasteiger partial charge in [-0.05, 0) is 12.2 Å². The Morgan fingerprint density at radius 3 is 3.00 bits per heavy atom. The maximum atomic E-state index is 11.0. The van der Waals surface area contributed by atoms with E-state index in [1.807, 2.05) is 11.8 Å². The second-order valence-corrected chi connectivity index (χ2v) is 3.63. The van der Waals surface area contributed by atoms with Crippen LogP contribution < -0.4 is 11.3 Å². The molecule has 0 aromatic carbocycles. The van der Waals surface area contributed by atoms with E-state index < -0.39 is 0 Å². The summed E-state index contributed by atoms with van der Waals surface area (Å²) in [6.07, 6.45) is 1.07. The highest BCUT2D eigenvalue weighted by atomic mass is 32.2. The van der Waals surface area contributed by atoms with E-state index in [4.69, 9.17) is 5.84 Å². The van der Waals surface area contributed by atoms with Crippen molar-refractivity contribution in [2.24, 2.45) is 5.84 Å². The first-order chi connectivity index (χ1) is 5.34. The molecule has 0 atom stereocenters. The molecule has 1 heterocycles. The Morgan fingerprint density at radius 1 is 1.45 bits per heavy atom. The van der Waals surface area contributed by atoms with Gasteiger partial charge in [0.15, 0.2) is 0 Å². The average Bonchev–Trinajstić information content (AvgIpc) is 2.30. The number of rotatable bonds is 0. The predicted octanol–water partition coefficient (Wildman–Crippen LogP) is 0.00860. The van der Waals surface area contributed by atoms with Crippen LogP contribution in [0.5, 0.6) is 0 Å². The van der Waals surface area contributed by atoms with Crippen molar-refractivity contribution in [3.63, 3.8) is 0 Å². The van der Waals surface area contributed by atoms with E-state index in [9.17, 15) is 4.79 Å². The molecule has 0 unspecified atom stereocenters. The molecule has 2 amide bonds. The highest BCUT2D eigenvalue weighted by Crippen LogP contribution is 2.09. The molecular formula is C6H13N3OS. The lowest BCUT2D eigenvalue weighted by Crippen LogP contribution is -2.44. The molecule has 3 N–H and O–H groups in total. The summed E-state index contributed by atoms with van der Waals surface area (Å²) >= 11 is 1.88. The molecule has 0 radical (unpaired) electrons. The van der Waals surface area contributed by atoms with E-state index in [1.54, 1.807) is 4.90 Å². The Bertz CT molecular complexity index is 134. The van der Waals surface area contributed by atoms with Crippen molar-refractivity contribution in [2.75, 3.05) is 24.6 Å². The van der Waals surface area contributed by atoms with Gasteiger partial charge in [-0.15, -0.1) is 0 Å². The number of nitrogens with zero attached hydrogens (tertiary/aromatic N) is 1. The zero-order valence-corrected chi connectivity index (χ0v) is 7.19. The topological polar surface area (TPSA) is 58.4 Å². The third-order valence-corrected chi connectivity index (χ3v) is 2.68. The Balaban J connectivity index is 2.36. The molecule has 5 heteroatoms. The molecular weight excluding hydrogens is 162 g/mol. The monoisotopic (exact) mass is 175 g/mol. The van der Waals surface area contributed by atoms with Crippen molar-refractivity contribution >= 4 is 17.8 Å². The largest absolute Gasteiger partial charge is 0.331 e. The van der Waals surface area contributed by atoms with Crippen molar-refractivity contribution in [3.8, 4) is 0 Å². The highest BCUT2D eigenvalue weighted by Gasteiger charge is 2.13. The fraction of sp³-hybridized carbons (Fsp3) is 0.833. The Kier molecular flexibility index (Phi) is 3.51. The normalized spacial score (nSPS) is 19.2. The van der Waals surface area contributed by atoms with Gasteiger partial charge in [0.1, 0.15) is 0 Å². The number of hydrazine groups is 1. The zero-order chi connectivity index (χ0) is 8.10. The molecule has 4 nitrogen and oxygen atoms in total. The van der Waals surface area contributed by atoms with Crippen molar-refractivity contribution in [1.82, 2.24) is 10.3 Å². The number of hydrogen-bond donors (Lipinski definition) is 2. The number of nitrogens with one attached hydrogen (secondary N) is 1. The number of urea groups is 1. The first-order valence-corrected chi connectivity index (χ1v) is 4.83. The first-order valence-electron chi connectivity index (χ1n) is 3.68. The SMILES string of the molecule is NNC(=O)N1CCCSCC1.